The number of hydrogen-bond donors (Lipinski definition) is 1. The van der Waals surface area contributed by atoms with Crippen molar-refractivity contribution >= 4 is 12.1 Å². The molecule has 0 saturated carbocycles. The smallest absolute Gasteiger partial charge is 0.410 e. The van der Waals surface area contributed by atoms with Crippen LogP contribution >= 0.6 is 0 Å². The minimum absolute atomic E-state index is 0.104. The van der Waals surface area contributed by atoms with E-state index >= 15 is 0 Å². The molecule has 1 unspecified atom stereocenters. The molecule has 7 nitrogen and oxygen atoms in total. The van der Waals surface area contributed by atoms with Crippen molar-refractivity contribution in [2.75, 3.05) is 32.9 Å². The Hall–Kier alpha value is -2.12. The summed E-state index contributed by atoms with van der Waals surface area (Å²) in [5, 5.41) is 3.45. The van der Waals surface area contributed by atoms with Crippen LogP contribution in [-0.2, 0) is 25.5 Å². The van der Waals surface area contributed by atoms with E-state index < -0.39 is 17.2 Å². The van der Waals surface area contributed by atoms with E-state index in [4.69, 9.17) is 14.2 Å². The zero-order valence-corrected chi connectivity index (χ0v) is 17.3. The number of hydrogen-bond acceptors (Lipinski definition) is 6. The average Bonchev–Trinajstić information content (AvgIpc) is 2.83. The lowest BCUT2D eigenvalue weighted by molar-refractivity contribution is -0.145. The zero-order chi connectivity index (χ0) is 20.6. The Morgan fingerprint density at radius 1 is 1.25 bits per heavy atom. The zero-order valence-electron chi connectivity index (χ0n) is 17.3. The fraction of sp³-hybridized carbons (Fsp3) is 0.619. The van der Waals surface area contributed by atoms with Crippen LogP contribution in [0, 0.1) is 0 Å². The number of benzene rings is 1. The monoisotopic (exact) mass is 392 g/mol. The molecule has 0 aromatic heterocycles. The van der Waals surface area contributed by atoms with E-state index in [0.29, 0.717) is 39.5 Å². The molecule has 1 atom stereocenters. The van der Waals surface area contributed by atoms with Gasteiger partial charge < -0.3 is 24.4 Å². The highest BCUT2D eigenvalue weighted by Crippen LogP contribution is 2.21. The van der Waals surface area contributed by atoms with Crippen molar-refractivity contribution < 1.29 is 23.8 Å². The van der Waals surface area contributed by atoms with Gasteiger partial charge in [0.15, 0.2) is 0 Å². The van der Waals surface area contributed by atoms with E-state index in [9.17, 15) is 9.59 Å². The molecule has 1 aromatic carbocycles. The van der Waals surface area contributed by atoms with Gasteiger partial charge in [0.05, 0.1) is 31.8 Å². The van der Waals surface area contributed by atoms with Crippen LogP contribution in [0.5, 0.6) is 0 Å². The number of ether oxygens (including phenoxy) is 3. The molecule has 1 aliphatic rings. The summed E-state index contributed by atoms with van der Waals surface area (Å²) < 4.78 is 16.5. The Bertz CT molecular complexity index is 644. The summed E-state index contributed by atoms with van der Waals surface area (Å²) >= 11 is 0. The van der Waals surface area contributed by atoms with E-state index in [1.165, 1.54) is 0 Å². The molecule has 28 heavy (non-hydrogen) atoms. The Labute approximate surface area is 167 Å². The fourth-order valence-electron chi connectivity index (χ4n) is 3.06. The summed E-state index contributed by atoms with van der Waals surface area (Å²) in [4.78, 5) is 26.5. The first-order valence-corrected chi connectivity index (χ1v) is 9.73. The highest BCUT2D eigenvalue weighted by atomic mass is 16.6. The summed E-state index contributed by atoms with van der Waals surface area (Å²) in [6.45, 7) is 9.53. The molecule has 0 radical (unpaired) electrons. The maximum absolute atomic E-state index is 12.6. The standard InChI is InChI=1S/C21H32N2O5/c1-5-27-18(24)13-21(22-14-17-9-7-6-8-10-17)15-23(11-12-26-16-21)19(25)28-20(2,3)4/h6-10,22H,5,11-16H2,1-4H3. The van der Waals surface area contributed by atoms with Crippen LogP contribution in [0.25, 0.3) is 0 Å². The Kier molecular flexibility index (Phi) is 7.83. The van der Waals surface area contributed by atoms with Gasteiger partial charge >= 0.3 is 12.1 Å². The third-order valence-corrected chi connectivity index (χ3v) is 4.33. The molecule has 2 rings (SSSR count). The maximum atomic E-state index is 12.6. The van der Waals surface area contributed by atoms with Crippen molar-refractivity contribution in [1.82, 2.24) is 10.2 Å². The minimum atomic E-state index is -0.754. The molecule has 1 heterocycles. The van der Waals surface area contributed by atoms with Gasteiger partial charge in [-0.25, -0.2) is 4.79 Å². The lowest BCUT2D eigenvalue weighted by atomic mass is 9.94. The van der Waals surface area contributed by atoms with Crippen molar-refractivity contribution in [2.45, 2.75) is 51.8 Å². The normalized spacial score (nSPS) is 20.4. The number of nitrogens with one attached hydrogen (secondary N) is 1. The first kappa shape index (κ1) is 22.2. The fourth-order valence-corrected chi connectivity index (χ4v) is 3.06. The van der Waals surface area contributed by atoms with E-state index in [0.717, 1.165) is 5.56 Å². The molecule has 1 fully saturated rings. The number of carbonyl (C=O) groups excluding carboxylic acids is 2. The van der Waals surface area contributed by atoms with Gasteiger partial charge in [0.1, 0.15) is 5.60 Å². The van der Waals surface area contributed by atoms with Crippen molar-refractivity contribution in [3.8, 4) is 0 Å². The van der Waals surface area contributed by atoms with E-state index in [1.807, 2.05) is 51.1 Å². The molecule has 0 aliphatic carbocycles. The summed E-state index contributed by atoms with van der Waals surface area (Å²) in [6, 6.07) is 9.90. The second-order valence-electron chi connectivity index (χ2n) is 8.06. The molecule has 7 heteroatoms. The average molecular weight is 392 g/mol. The van der Waals surface area contributed by atoms with E-state index in [2.05, 4.69) is 5.32 Å². The highest BCUT2D eigenvalue weighted by Gasteiger charge is 2.39. The molecule has 0 bridgehead atoms. The molecule has 1 N–H and O–H groups in total. The van der Waals surface area contributed by atoms with Gasteiger partial charge in [-0.1, -0.05) is 30.3 Å². The lowest BCUT2D eigenvalue weighted by Gasteiger charge is -2.36. The van der Waals surface area contributed by atoms with Crippen LogP contribution in [0.1, 0.15) is 39.7 Å². The lowest BCUT2D eigenvalue weighted by Crippen LogP contribution is -2.57. The quantitative estimate of drug-likeness (QED) is 0.750. The third-order valence-electron chi connectivity index (χ3n) is 4.33. The van der Waals surface area contributed by atoms with Gasteiger partial charge in [0.25, 0.3) is 0 Å². The Morgan fingerprint density at radius 2 is 1.96 bits per heavy atom. The van der Waals surface area contributed by atoms with E-state index in [-0.39, 0.29) is 12.4 Å². The van der Waals surface area contributed by atoms with Gasteiger partial charge in [-0.3, -0.25) is 4.79 Å². The molecular weight excluding hydrogens is 360 g/mol. The number of nitrogens with zero attached hydrogens (tertiary/aromatic N) is 1. The van der Waals surface area contributed by atoms with Gasteiger partial charge in [-0.05, 0) is 33.3 Å². The van der Waals surface area contributed by atoms with Gasteiger partial charge in [0, 0.05) is 19.6 Å². The van der Waals surface area contributed by atoms with Crippen LogP contribution in [0.4, 0.5) is 4.79 Å². The molecule has 1 saturated heterocycles. The Balaban J connectivity index is 2.18. The Morgan fingerprint density at radius 3 is 2.61 bits per heavy atom. The van der Waals surface area contributed by atoms with Gasteiger partial charge in [-0.15, -0.1) is 0 Å². The SMILES string of the molecule is CCOC(=O)CC1(NCc2ccccc2)COCCN(C(=O)OC(C)(C)C)C1. The summed E-state index contributed by atoms with van der Waals surface area (Å²) in [5.41, 5.74) is -0.264. The van der Waals surface area contributed by atoms with Crippen molar-refractivity contribution in [2.24, 2.45) is 0 Å². The summed E-state index contributed by atoms with van der Waals surface area (Å²) in [6.07, 6.45) is -0.305. The van der Waals surface area contributed by atoms with Crippen LogP contribution in [-0.4, -0.2) is 61.0 Å². The minimum Gasteiger partial charge on any atom is -0.466 e. The second-order valence-corrected chi connectivity index (χ2v) is 8.06. The number of esters is 1. The van der Waals surface area contributed by atoms with Gasteiger partial charge in [-0.2, -0.15) is 0 Å². The van der Waals surface area contributed by atoms with Gasteiger partial charge in [0.2, 0.25) is 0 Å². The molecule has 1 aromatic rings. The number of amides is 1. The summed E-state index contributed by atoms with van der Waals surface area (Å²) in [7, 11) is 0. The van der Waals surface area contributed by atoms with Crippen LogP contribution in [0.15, 0.2) is 30.3 Å². The first-order chi connectivity index (χ1) is 13.2. The first-order valence-electron chi connectivity index (χ1n) is 9.73. The predicted octanol–water partition coefficient (Wildman–Crippen LogP) is 2.74. The van der Waals surface area contributed by atoms with Crippen molar-refractivity contribution in [3.63, 3.8) is 0 Å². The largest absolute Gasteiger partial charge is 0.466 e. The second kappa shape index (κ2) is 9.89. The highest BCUT2D eigenvalue weighted by molar-refractivity contribution is 5.72. The maximum Gasteiger partial charge on any atom is 0.410 e. The van der Waals surface area contributed by atoms with Crippen LogP contribution in [0.3, 0.4) is 0 Å². The molecule has 156 valence electrons. The molecular formula is C21H32N2O5. The topological polar surface area (TPSA) is 77.1 Å². The van der Waals surface area contributed by atoms with Crippen molar-refractivity contribution in [3.05, 3.63) is 35.9 Å². The predicted molar refractivity (Wildman–Crippen MR) is 106 cm³/mol. The molecule has 0 spiro atoms. The van der Waals surface area contributed by atoms with Crippen LogP contribution < -0.4 is 5.32 Å². The molecule has 1 aliphatic heterocycles. The summed E-state index contributed by atoms with van der Waals surface area (Å²) in [5.74, 6) is -0.322. The molecule has 1 amide bonds. The van der Waals surface area contributed by atoms with Crippen LogP contribution in [0.2, 0.25) is 0 Å². The number of rotatable bonds is 6. The van der Waals surface area contributed by atoms with E-state index in [1.54, 1.807) is 11.8 Å². The van der Waals surface area contributed by atoms with Crippen molar-refractivity contribution in [1.29, 1.82) is 0 Å². The number of carbonyl (C=O) groups is 2. The third kappa shape index (κ3) is 7.13.